The Bertz CT molecular complexity index is 853. The molecule has 0 bridgehead atoms. The zero-order valence-electron chi connectivity index (χ0n) is 11.9. The molecule has 0 radical (unpaired) electrons. The molecular formula is C16H12ClN3O3. The Morgan fingerprint density at radius 3 is 2.87 bits per heavy atom. The van der Waals surface area contributed by atoms with E-state index in [0.717, 1.165) is 11.6 Å². The number of aromatic amines is 1. The van der Waals surface area contributed by atoms with Crippen LogP contribution in [0.3, 0.4) is 0 Å². The lowest BCUT2D eigenvalue weighted by atomic mass is 10.0. The van der Waals surface area contributed by atoms with Crippen LogP contribution in [0.1, 0.15) is 27.3 Å². The molecule has 0 aliphatic carbocycles. The molecule has 23 heavy (non-hydrogen) atoms. The number of benzene rings is 1. The normalized spacial score (nSPS) is 11.6. The van der Waals surface area contributed by atoms with Crippen molar-refractivity contribution in [2.75, 3.05) is 0 Å². The van der Waals surface area contributed by atoms with Gasteiger partial charge >= 0.3 is 0 Å². The summed E-state index contributed by atoms with van der Waals surface area (Å²) in [6.45, 7) is 0. The summed E-state index contributed by atoms with van der Waals surface area (Å²) in [7, 11) is 0. The van der Waals surface area contributed by atoms with Gasteiger partial charge in [-0.2, -0.15) is 5.10 Å². The molecule has 2 aromatic heterocycles. The van der Waals surface area contributed by atoms with Gasteiger partial charge < -0.3 is 9.52 Å². The molecular weight excluding hydrogens is 318 g/mol. The molecule has 0 saturated heterocycles. The van der Waals surface area contributed by atoms with Crippen molar-refractivity contribution in [3.8, 4) is 0 Å². The van der Waals surface area contributed by atoms with Crippen LogP contribution in [0, 0.1) is 0 Å². The molecule has 1 aromatic carbocycles. The molecule has 3 rings (SSSR count). The highest BCUT2D eigenvalue weighted by molar-refractivity contribution is 6.31. The highest BCUT2D eigenvalue weighted by Gasteiger charge is 2.15. The van der Waals surface area contributed by atoms with E-state index >= 15 is 0 Å². The smallest absolute Gasteiger partial charge is 0.215 e. The first-order chi connectivity index (χ1) is 11.1. The average molecular weight is 330 g/mol. The van der Waals surface area contributed by atoms with Crippen molar-refractivity contribution in [1.29, 1.82) is 0 Å². The van der Waals surface area contributed by atoms with Crippen LogP contribution in [0.2, 0.25) is 5.02 Å². The minimum atomic E-state index is -0.400. The number of allylic oxidation sites excluding steroid dienone is 1. The second kappa shape index (κ2) is 6.50. The number of aromatic nitrogens is 3. The first-order valence-electron chi connectivity index (χ1n) is 6.74. The third-order valence-electron chi connectivity index (χ3n) is 3.26. The number of H-pyrrole nitrogens is 1. The molecule has 7 heteroatoms. The summed E-state index contributed by atoms with van der Waals surface area (Å²) in [5.41, 5.74) is 1.92. The second-order valence-corrected chi connectivity index (χ2v) is 5.20. The number of aliphatic hydroxyl groups is 1. The number of nitrogens with zero attached hydrogens (tertiary/aromatic N) is 2. The van der Waals surface area contributed by atoms with Gasteiger partial charge in [0.05, 0.1) is 11.8 Å². The van der Waals surface area contributed by atoms with Crippen molar-refractivity contribution in [3.05, 3.63) is 76.7 Å². The van der Waals surface area contributed by atoms with Crippen LogP contribution in [0.5, 0.6) is 0 Å². The fraction of sp³-hybridized carbons (Fsp3) is 0.0625. The zero-order chi connectivity index (χ0) is 16.2. The molecule has 2 heterocycles. The SMILES string of the molecule is O=C(C=C(O)c1nc[nH]n1)c1cocc1Cc1ccccc1Cl. The fourth-order valence-corrected chi connectivity index (χ4v) is 2.32. The lowest BCUT2D eigenvalue weighted by molar-refractivity contribution is 0.104. The van der Waals surface area contributed by atoms with E-state index in [1.54, 1.807) is 6.07 Å². The van der Waals surface area contributed by atoms with E-state index in [1.165, 1.54) is 18.9 Å². The van der Waals surface area contributed by atoms with Crippen molar-refractivity contribution < 1.29 is 14.3 Å². The van der Waals surface area contributed by atoms with Crippen LogP contribution in [-0.4, -0.2) is 26.1 Å². The monoisotopic (exact) mass is 329 g/mol. The van der Waals surface area contributed by atoms with E-state index in [4.69, 9.17) is 16.0 Å². The topological polar surface area (TPSA) is 92.0 Å². The van der Waals surface area contributed by atoms with Crippen LogP contribution in [0.4, 0.5) is 0 Å². The van der Waals surface area contributed by atoms with Crippen molar-refractivity contribution in [1.82, 2.24) is 15.2 Å². The van der Waals surface area contributed by atoms with Gasteiger partial charge in [0.15, 0.2) is 11.5 Å². The standard InChI is InChI=1S/C16H12ClN3O3/c17-13-4-2-1-3-10(13)5-11-7-23-8-12(11)14(21)6-15(22)16-18-9-19-20-16/h1-4,6-9,22H,5H2,(H,18,19,20). The van der Waals surface area contributed by atoms with Gasteiger partial charge in [0, 0.05) is 23.1 Å². The maximum Gasteiger partial charge on any atom is 0.215 e. The van der Waals surface area contributed by atoms with Gasteiger partial charge in [-0.05, 0) is 11.6 Å². The second-order valence-electron chi connectivity index (χ2n) is 4.80. The van der Waals surface area contributed by atoms with Crippen LogP contribution in [-0.2, 0) is 6.42 Å². The number of carbonyl (C=O) groups excluding carboxylic acids is 1. The number of ketones is 1. The molecule has 0 fully saturated rings. The van der Waals surface area contributed by atoms with E-state index in [2.05, 4.69) is 15.2 Å². The minimum Gasteiger partial charge on any atom is -0.504 e. The number of furan rings is 1. The summed E-state index contributed by atoms with van der Waals surface area (Å²) in [5.74, 6) is -0.668. The summed E-state index contributed by atoms with van der Waals surface area (Å²) in [6, 6.07) is 7.38. The first kappa shape index (κ1) is 15.1. The van der Waals surface area contributed by atoms with Crippen molar-refractivity contribution in [2.45, 2.75) is 6.42 Å². The van der Waals surface area contributed by atoms with Gasteiger partial charge in [0.25, 0.3) is 0 Å². The maximum atomic E-state index is 12.3. The summed E-state index contributed by atoms with van der Waals surface area (Å²) in [4.78, 5) is 16.1. The molecule has 0 aliphatic rings. The Labute approximate surface area is 136 Å². The Hall–Kier alpha value is -2.86. The minimum absolute atomic E-state index is 0.0505. The van der Waals surface area contributed by atoms with Gasteiger partial charge in [-0.15, -0.1) is 0 Å². The predicted octanol–water partition coefficient (Wildman–Crippen LogP) is 3.42. The molecule has 116 valence electrons. The highest BCUT2D eigenvalue weighted by Crippen LogP contribution is 2.22. The number of nitrogens with one attached hydrogen (secondary N) is 1. The molecule has 6 nitrogen and oxygen atoms in total. The van der Waals surface area contributed by atoms with E-state index in [-0.39, 0.29) is 11.6 Å². The Kier molecular flexibility index (Phi) is 4.25. The van der Waals surface area contributed by atoms with E-state index in [0.29, 0.717) is 22.6 Å². The number of hydrogen-bond donors (Lipinski definition) is 2. The van der Waals surface area contributed by atoms with Crippen molar-refractivity contribution >= 4 is 23.1 Å². The maximum absolute atomic E-state index is 12.3. The summed E-state index contributed by atoms with van der Waals surface area (Å²) >= 11 is 6.14. The largest absolute Gasteiger partial charge is 0.504 e. The van der Waals surface area contributed by atoms with Crippen LogP contribution >= 0.6 is 11.6 Å². The molecule has 3 aromatic rings. The highest BCUT2D eigenvalue weighted by atomic mass is 35.5. The number of carbonyl (C=O) groups is 1. The van der Waals surface area contributed by atoms with Crippen LogP contribution in [0.25, 0.3) is 5.76 Å². The van der Waals surface area contributed by atoms with Crippen molar-refractivity contribution in [2.24, 2.45) is 0 Å². The summed E-state index contributed by atoms with van der Waals surface area (Å²) in [5, 5.41) is 16.6. The van der Waals surface area contributed by atoms with Crippen molar-refractivity contribution in [3.63, 3.8) is 0 Å². The van der Waals surface area contributed by atoms with Gasteiger partial charge in [-0.25, -0.2) is 4.98 Å². The van der Waals surface area contributed by atoms with Gasteiger partial charge in [-0.3, -0.25) is 9.89 Å². The number of halogens is 1. The average Bonchev–Trinajstić information content (AvgIpc) is 3.20. The van der Waals surface area contributed by atoms with E-state index in [9.17, 15) is 9.90 Å². The number of aliphatic hydroxyl groups excluding tert-OH is 1. The fourth-order valence-electron chi connectivity index (χ4n) is 2.12. The lowest BCUT2D eigenvalue weighted by Gasteiger charge is -2.03. The number of hydrogen-bond acceptors (Lipinski definition) is 5. The quantitative estimate of drug-likeness (QED) is 0.425. The Morgan fingerprint density at radius 1 is 1.30 bits per heavy atom. The molecule has 0 unspecified atom stereocenters. The third kappa shape index (κ3) is 3.32. The molecule has 0 saturated carbocycles. The molecule has 0 amide bonds. The van der Waals surface area contributed by atoms with Crippen LogP contribution < -0.4 is 0 Å². The zero-order valence-corrected chi connectivity index (χ0v) is 12.6. The van der Waals surface area contributed by atoms with E-state index in [1.807, 2.05) is 18.2 Å². The molecule has 0 aliphatic heterocycles. The molecule has 0 atom stereocenters. The third-order valence-corrected chi connectivity index (χ3v) is 3.63. The molecule has 0 spiro atoms. The number of rotatable bonds is 5. The predicted molar refractivity (Wildman–Crippen MR) is 84.3 cm³/mol. The van der Waals surface area contributed by atoms with Crippen LogP contribution in [0.15, 0.2) is 53.6 Å². The summed E-state index contributed by atoms with van der Waals surface area (Å²) in [6.07, 6.45) is 5.66. The Balaban J connectivity index is 1.85. The van der Waals surface area contributed by atoms with Gasteiger partial charge in [0.2, 0.25) is 5.82 Å². The molecule has 2 N–H and O–H groups in total. The Morgan fingerprint density at radius 2 is 2.13 bits per heavy atom. The first-order valence-corrected chi connectivity index (χ1v) is 7.12. The summed E-state index contributed by atoms with van der Waals surface area (Å²) < 4.78 is 5.14. The van der Waals surface area contributed by atoms with Gasteiger partial charge in [-0.1, -0.05) is 29.8 Å². The van der Waals surface area contributed by atoms with Gasteiger partial charge in [0.1, 0.15) is 12.6 Å². The lowest BCUT2D eigenvalue weighted by Crippen LogP contribution is -2.01. The van der Waals surface area contributed by atoms with E-state index < -0.39 is 5.78 Å².